The normalized spacial score (nSPS) is 11.9. The number of rotatable bonds is 2. The highest BCUT2D eigenvalue weighted by Gasteiger charge is 2.26. The lowest BCUT2D eigenvalue weighted by Crippen LogP contribution is -2.20. The molecule has 0 unspecified atom stereocenters. The van der Waals surface area contributed by atoms with Gasteiger partial charge in [-0.25, -0.2) is 4.98 Å². The van der Waals surface area contributed by atoms with Gasteiger partial charge in [0.1, 0.15) is 11.6 Å². The van der Waals surface area contributed by atoms with E-state index in [2.05, 4.69) is 35.9 Å². The molecule has 3 rings (SSSR count). The number of aromatic amines is 1. The quantitative estimate of drug-likeness (QED) is 0.732. The number of hydrogen-bond donors (Lipinski definition) is 2. The summed E-state index contributed by atoms with van der Waals surface area (Å²) in [6, 6.07) is 15.5. The van der Waals surface area contributed by atoms with Gasteiger partial charge in [0.15, 0.2) is 0 Å². The van der Waals surface area contributed by atoms with Gasteiger partial charge in [-0.05, 0) is 31.5 Å². The Balaban J connectivity index is 2.13. The van der Waals surface area contributed by atoms with Gasteiger partial charge in [-0.15, -0.1) is 0 Å². The van der Waals surface area contributed by atoms with Crippen molar-refractivity contribution in [1.29, 1.82) is 0 Å². The third-order valence-corrected chi connectivity index (χ3v) is 3.55. The van der Waals surface area contributed by atoms with Gasteiger partial charge < -0.3 is 10.1 Å². The van der Waals surface area contributed by atoms with Crippen LogP contribution in [0.2, 0.25) is 0 Å². The summed E-state index contributed by atoms with van der Waals surface area (Å²) in [5.74, 6) is 1.15. The Morgan fingerprint density at radius 1 is 1.05 bits per heavy atom. The molecule has 2 N–H and O–H groups in total. The topological polar surface area (TPSA) is 48.9 Å². The molecule has 96 valence electrons. The smallest absolute Gasteiger partial charge is 0.117 e. The van der Waals surface area contributed by atoms with Gasteiger partial charge in [0.25, 0.3) is 0 Å². The molecular weight excluding hydrogens is 236 g/mol. The molecule has 0 radical (unpaired) electrons. The van der Waals surface area contributed by atoms with Crippen molar-refractivity contribution >= 4 is 11.0 Å². The minimum absolute atomic E-state index is 0.199. The van der Waals surface area contributed by atoms with E-state index in [9.17, 15) is 5.11 Å². The van der Waals surface area contributed by atoms with Crippen LogP contribution in [0, 0.1) is 0 Å². The van der Waals surface area contributed by atoms with Crippen molar-refractivity contribution in [1.82, 2.24) is 9.97 Å². The highest BCUT2D eigenvalue weighted by molar-refractivity contribution is 5.77. The van der Waals surface area contributed by atoms with Gasteiger partial charge in [0.2, 0.25) is 0 Å². The van der Waals surface area contributed by atoms with E-state index in [1.54, 1.807) is 12.1 Å². The predicted octanol–water partition coefficient (Wildman–Crippen LogP) is 3.59. The number of H-pyrrole nitrogens is 1. The lowest BCUT2D eigenvalue weighted by Gasteiger charge is -2.22. The molecule has 0 amide bonds. The number of aromatic nitrogens is 2. The summed E-state index contributed by atoms with van der Waals surface area (Å²) in [5, 5.41) is 9.51. The molecule has 1 aromatic heterocycles. The predicted molar refractivity (Wildman–Crippen MR) is 76.3 cm³/mol. The maximum atomic E-state index is 9.51. The molecule has 2 aromatic carbocycles. The minimum Gasteiger partial charge on any atom is -0.508 e. The van der Waals surface area contributed by atoms with Crippen molar-refractivity contribution in [2.24, 2.45) is 0 Å². The number of phenolic OH excluding ortho intramolecular Hbond substituents is 1. The standard InChI is InChI=1S/C16H16N2O/c1-16(2,11-6-4-3-5-7-11)15-17-13-9-8-12(19)10-14(13)18-15/h3-10,19H,1-2H3,(H,17,18). The maximum absolute atomic E-state index is 9.51. The van der Waals surface area contributed by atoms with Gasteiger partial charge in [0.05, 0.1) is 11.0 Å². The first-order chi connectivity index (χ1) is 9.07. The van der Waals surface area contributed by atoms with Crippen LogP contribution < -0.4 is 0 Å². The van der Waals surface area contributed by atoms with Gasteiger partial charge in [-0.3, -0.25) is 0 Å². The summed E-state index contributed by atoms with van der Waals surface area (Å²) in [6.07, 6.45) is 0. The Morgan fingerprint density at radius 2 is 1.79 bits per heavy atom. The Hall–Kier alpha value is -2.29. The van der Waals surface area contributed by atoms with Crippen LogP contribution in [-0.4, -0.2) is 15.1 Å². The third kappa shape index (κ3) is 1.97. The first kappa shape index (κ1) is 11.8. The minimum atomic E-state index is -0.199. The Kier molecular flexibility index (Phi) is 2.56. The van der Waals surface area contributed by atoms with Crippen molar-refractivity contribution in [3.63, 3.8) is 0 Å². The fourth-order valence-corrected chi connectivity index (χ4v) is 2.29. The van der Waals surface area contributed by atoms with Crippen LogP contribution in [0.4, 0.5) is 0 Å². The molecule has 19 heavy (non-hydrogen) atoms. The van der Waals surface area contributed by atoms with Crippen molar-refractivity contribution in [2.75, 3.05) is 0 Å². The summed E-state index contributed by atoms with van der Waals surface area (Å²) in [7, 11) is 0. The molecule has 0 spiro atoms. The number of imidazole rings is 1. The van der Waals surface area contributed by atoms with Gasteiger partial charge in [-0.1, -0.05) is 30.3 Å². The summed E-state index contributed by atoms with van der Waals surface area (Å²) >= 11 is 0. The van der Waals surface area contributed by atoms with Crippen molar-refractivity contribution in [3.8, 4) is 5.75 Å². The van der Waals surface area contributed by atoms with Crippen LogP contribution in [0.25, 0.3) is 11.0 Å². The number of hydrogen-bond acceptors (Lipinski definition) is 2. The highest BCUT2D eigenvalue weighted by Crippen LogP contribution is 2.31. The Morgan fingerprint density at radius 3 is 2.53 bits per heavy atom. The van der Waals surface area contributed by atoms with E-state index in [0.717, 1.165) is 16.9 Å². The number of nitrogens with zero attached hydrogens (tertiary/aromatic N) is 1. The molecule has 3 heteroatoms. The number of aromatic hydroxyl groups is 1. The molecule has 3 nitrogen and oxygen atoms in total. The van der Waals surface area contributed by atoms with Gasteiger partial charge >= 0.3 is 0 Å². The van der Waals surface area contributed by atoms with E-state index in [4.69, 9.17) is 0 Å². The lowest BCUT2D eigenvalue weighted by molar-refractivity contribution is 0.476. The zero-order valence-electron chi connectivity index (χ0n) is 11.0. The fraction of sp³-hybridized carbons (Fsp3) is 0.188. The van der Waals surface area contributed by atoms with E-state index in [1.807, 2.05) is 24.3 Å². The van der Waals surface area contributed by atoms with E-state index in [1.165, 1.54) is 5.56 Å². The molecular formula is C16H16N2O. The largest absolute Gasteiger partial charge is 0.508 e. The van der Waals surface area contributed by atoms with Crippen LogP contribution >= 0.6 is 0 Å². The van der Waals surface area contributed by atoms with E-state index >= 15 is 0 Å². The average Bonchev–Trinajstić information content (AvgIpc) is 2.83. The molecule has 0 fully saturated rings. The zero-order chi connectivity index (χ0) is 13.5. The summed E-state index contributed by atoms with van der Waals surface area (Å²) in [6.45, 7) is 4.28. The maximum Gasteiger partial charge on any atom is 0.117 e. The molecule has 0 aliphatic carbocycles. The zero-order valence-corrected chi connectivity index (χ0v) is 11.0. The van der Waals surface area contributed by atoms with Crippen molar-refractivity contribution < 1.29 is 5.11 Å². The molecule has 1 heterocycles. The summed E-state index contributed by atoms with van der Waals surface area (Å²) < 4.78 is 0. The molecule has 0 saturated carbocycles. The summed E-state index contributed by atoms with van der Waals surface area (Å²) in [5.41, 5.74) is 2.74. The Labute approximate surface area is 111 Å². The number of phenols is 1. The number of nitrogens with one attached hydrogen (secondary N) is 1. The molecule has 0 bridgehead atoms. The van der Waals surface area contributed by atoms with Crippen LogP contribution in [0.5, 0.6) is 5.75 Å². The average molecular weight is 252 g/mol. The highest BCUT2D eigenvalue weighted by atomic mass is 16.3. The monoisotopic (exact) mass is 252 g/mol. The second-order valence-electron chi connectivity index (χ2n) is 5.28. The number of fused-ring (bicyclic) bond motifs is 1. The van der Waals surface area contributed by atoms with E-state index in [-0.39, 0.29) is 11.2 Å². The first-order valence-corrected chi connectivity index (χ1v) is 6.32. The lowest BCUT2D eigenvalue weighted by atomic mass is 9.84. The first-order valence-electron chi connectivity index (χ1n) is 6.32. The van der Waals surface area contributed by atoms with E-state index < -0.39 is 0 Å². The van der Waals surface area contributed by atoms with Crippen molar-refractivity contribution in [3.05, 3.63) is 59.9 Å². The van der Waals surface area contributed by atoms with Crippen LogP contribution in [-0.2, 0) is 5.41 Å². The SMILES string of the molecule is CC(C)(c1ccccc1)c1nc2ccc(O)cc2[nH]1. The molecule has 0 aliphatic heterocycles. The van der Waals surface area contributed by atoms with Gasteiger partial charge in [-0.2, -0.15) is 0 Å². The van der Waals surface area contributed by atoms with Crippen LogP contribution in [0.15, 0.2) is 48.5 Å². The Bertz CT molecular complexity index is 714. The number of benzene rings is 2. The second kappa shape index (κ2) is 4.12. The van der Waals surface area contributed by atoms with Crippen LogP contribution in [0.1, 0.15) is 25.2 Å². The van der Waals surface area contributed by atoms with Crippen molar-refractivity contribution in [2.45, 2.75) is 19.3 Å². The molecule has 0 aliphatic rings. The van der Waals surface area contributed by atoms with E-state index in [0.29, 0.717) is 0 Å². The molecule has 0 atom stereocenters. The van der Waals surface area contributed by atoms with Crippen LogP contribution in [0.3, 0.4) is 0 Å². The molecule has 0 saturated heterocycles. The molecule has 3 aromatic rings. The third-order valence-electron chi connectivity index (χ3n) is 3.55. The summed E-state index contributed by atoms with van der Waals surface area (Å²) in [4.78, 5) is 7.94. The van der Waals surface area contributed by atoms with Gasteiger partial charge in [0, 0.05) is 11.5 Å². The fourth-order valence-electron chi connectivity index (χ4n) is 2.29. The second-order valence-corrected chi connectivity index (χ2v) is 5.28.